The number of rotatable bonds is 1. The minimum absolute atomic E-state index is 0.473. The second-order valence-electron chi connectivity index (χ2n) is 5.84. The van der Waals surface area contributed by atoms with Crippen molar-refractivity contribution in [1.82, 2.24) is 5.32 Å². The zero-order valence-corrected chi connectivity index (χ0v) is 12.4. The van der Waals surface area contributed by atoms with Crippen LogP contribution in [0.2, 0.25) is 0 Å². The molecule has 1 atom stereocenters. The van der Waals surface area contributed by atoms with Crippen LogP contribution in [0.25, 0.3) is 0 Å². The fraction of sp³-hybridized carbons (Fsp3) is 0.562. The van der Waals surface area contributed by atoms with Crippen LogP contribution < -0.4 is 10.2 Å². The van der Waals surface area contributed by atoms with Gasteiger partial charge in [-0.25, -0.2) is 0 Å². The smallest absolute Gasteiger partial charge is 0.173 e. The van der Waals surface area contributed by atoms with Crippen LogP contribution in [-0.2, 0) is 6.42 Å². The van der Waals surface area contributed by atoms with Gasteiger partial charge in [-0.3, -0.25) is 0 Å². The molecular formula is C16H22N2S. The van der Waals surface area contributed by atoms with Crippen molar-refractivity contribution in [3.05, 3.63) is 29.8 Å². The van der Waals surface area contributed by atoms with Crippen molar-refractivity contribution < 1.29 is 0 Å². The Morgan fingerprint density at radius 1 is 1.21 bits per heavy atom. The molecule has 0 aromatic heterocycles. The maximum Gasteiger partial charge on any atom is 0.173 e. The zero-order valence-electron chi connectivity index (χ0n) is 11.6. The summed E-state index contributed by atoms with van der Waals surface area (Å²) in [5.74, 6) is 0. The molecule has 1 aromatic carbocycles. The standard InChI is InChI=1S/C16H22N2S/c1-12-11-13-7-5-6-10-15(13)18(12)16(19)17-14-8-3-2-4-9-14/h5-7,10,12,14H,2-4,8-9,11H2,1H3,(H,17,19)/t12-/m1/s1. The van der Waals surface area contributed by atoms with E-state index in [0.29, 0.717) is 12.1 Å². The van der Waals surface area contributed by atoms with Crippen LogP contribution in [0.3, 0.4) is 0 Å². The van der Waals surface area contributed by atoms with E-state index < -0.39 is 0 Å². The van der Waals surface area contributed by atoms with Crippen LogP contribution >= 0.6 is 12.2 Å². The molecule has 1 N–H and O–H groups in total. The summed E-state index contributed by atoms with van der Waals surface area (Å²) in [7, 11) is 0. The first-order valence-corrected chi connectivity index (χ1v) is 7.84. The van der Waals surface area contributed by atoms with E-state index in [1.54, 1.807) is 0 Å². The highest BCUT2D eigenvalue weighted by atomic mass is 32.1. The van der Waals surface area contributed by atoms with Gasteiger partial charge in [-0.1, -0.05) is 37.5 Å². The average molecular weight is 274 g/mol. The Bertz CT molecular complexity index is 466. The third-order valence-corrected chi connectivity index (χ3v) is 4.67. The van der Waals surface area contributed by atoms with E-state index >= 15 is 0 Å². The summed E-state index contributed by atoms with van der Waals surface area (Å²) in [5.41, 5.74) is 2.71. The molecule has 0 spiro atoms. The van der Waals surface area contributed by atoms with Crippen LogP contribution in [0, 0.1) is 0 Å². The van der Waals surface area contributed by atoms with Gasteiger partial charge in [0, 0.05) is 17.8 Å². The van der Waals surface area contributed by atoms with E-state index in [1.807, 2.05) is 0 Å². The molecule has 1 aromatic rings. The maximum atomic E-state index is 5.66. The lowest BCUT2D eigenvalue weighted by atomic mass is 9.96. The van der Waals surface area contributed by atoms with Gasteiger partial charge in [0.1, 0.15) is 0 Å². The Balaban J connectivity index is 1.72. The van der Waals surface area contributed by atoms with Crippen molar-refractivity contribution in [2.45, 2.75) is 57.5 Å². The number of anilines is 1. The number of thiocarbonyl (C=S) groups is 1. The lowest BCUT2D eigenvalue weighted by Gasteiger charge is -2.31. The normalized spacial score (nSPS) is 23.2. The Morgan fingerprint density at radius 2 is 1.95 bits per heavy atom. The first kappa shape index (κ1) is 12.9. The first-order chi connectivity index (χ1) is 9.25. The summed E-state index contributed by atoms with van der Waals surface area (Å²) in [6.07, 6.45) is 7.70. The number of nitrogens with one attached hydrogen (secondary N) is 1. The van der Waals surface area contributed by atoms with Crippen molar-refractivity contribution in [2.75, 3.05) is 4.90 Å². The van der Waals surface area contributed by atoms with Gasteiger partial charge in [0.05, 0.1) is 0 Å². The molecule has 2 aliphatic rings. The number of para-hydroxylation sites is 1. The van der Waals surface area contributed by atoms with Gasteiger partial charge in [0.25, 0.3) is 0 Å². The largest absolute Gasteiger partial charge is 0.360 e. The zero-order chi connectivity index (χ0) is 13.2. The lowest BCUT2D eigenvalue weighted by molar-refractivity contribution is 0.413. The lowest BCUT2D eigenvalue weighted by Crippen LogP contribution is -2.47. The Hall–Kier alpha value is -1.09. The highest BCUT2D eigenvalue weighted by Gasteiger charge is 2.29. The predicted octanol–water partition coefficient (Wildman–Crippen LogP) is 3.64. The molecule has 19 heavy (non-hydrogen) atoms. The summed E-state index contributed by atoms with van der Waals surface area (Å²) in [6, 6.07) is 9.69. The van der Waals surface area contributed by atoms with Crippen LogP contribution in [-0.4, -0.2) is 17.2 Å². The molecule has 0 unspecified atom stereocenters. The Labute approximate surface area is 121 Å². The number of fused-ring (bicyclic) bond motifs is 1. The summed E-state index contributed by atoms with van der Waals surface area (Å²) < 4.78 is 0. The fourth-order valence-electron chi connectivity index (χ4n) is 3.37. The molecule has 0 saturated heterocycles. The second-order valence-corrected chi connectivity index (χ2v) is 6.22. The van der Waals surface area contributed by atoms with Crippen molar-refractivity contribution in [3.8, 4) is 0 Å². The van der Waals surface area contributed by atoms with E-state index in [9.17, 15) is 0 Å². The van der Waals surface area contributed by atoms with Crippen LogP contribution in [0.5, 0.6) is 0 Å². The summed E-state index contributed by atoms with van der Waals surface area (Å²) in [4.78, 5) is 2.30. The van der Waals surface area contributed by atoms with Crippen LogP contribution in [0.15, 0.2) is 24.3 Å². The Kier molecular flexibility index (Phi) is 3.74. The number of hydrogen-bond donors (Lipinski definition) is 1. The molecule has 0 radical (unpaired) electrons. The van der Waals surface area contributed by atoms with E-state index in [4.69, 9.17) is 12.2 Å². The molecular weight excluding hydrogens is 252 g/mol. The molecule has 3 rings (SSSR count). The maximum absolute atomic E-state index is 5.66. The monoisotopic (exact) mass is 274 g/mol. The molecule has 1 aliphatic carbocycles. The van der Waals surface area contributed by atoms with Gasteiger partial charge in [-0.15, -0.1) is 0 Å². The Morgan fingerprint density at radius 3 is 2.74 bits per heavy atom. The van der Waals surface area contributed by atoms with E-state index in [1.165, 1.54) is 43.4 Å². The molecule has 2 nitrogen and oxygen atoms in total. The van der Waals surface area contributed by atoms with Gasteiger partial charge in [0.15, 0.2) is 5.11 Å². The van der Waals surface area contributed by atoms with Crippen molar-refractivity contribution >= 4 is 23.0 Å². The van der Waals surface area contributed by atoms with Gasteiger partial charge in [-0.05, 0) is 50.0 Å². The fourth-order valence-corrected chi connectivity index (χ4v) is 3.81. The molecule has 102 valence electrons. The molecule has 1 fully saturated rings. The van der Waals surface area contributed by atoms with Crippen molar-refractivity contribution in [2.24, 2.45) is 0 Å². The number of benzene rings is 1. The third-order valence-electron chi connectivity index (χ3n) is 4.36. The van der Waals surface area contributed by atoms with Crippen molar-refractivity contribution in [1.29, 1.82) is 0 Å². The first-order valence-electron chi connectivity index (χ1n) is 7.43. The van der Waals surface area contributed by atoms with Gasteiger partial charge >= 0.3 is 0 Å². The third kappa shape index (κ3) is 2.62. The molecule has 1 heterocycles. The summed E-state index contributed by atoms with van der Waals surface area (Å²) in [6.45, 7) is 2.26. The highest BCUT2D eigenvalue weighted by Crippen LogP contribution is 2.32. The van der Waals surface area contributed by atoms with Gasteiger partial charge < -0.3 is 10.2 Å². The number of nitrogens with zero attached hydrogens (tertiary/aromatic N) is 1. The highest BCUT2D eigenvalue weighted by molar-refractivity contribution is 7.80. The van der Waals surface area contributed by atoms with E-state index in [-0.39, 0.29) is 0 Å². The molecule has 0 amide bonds. The second kappa shape index (κ2) is 5.49. The molecule has 1 saturated carbocycles. The molecule has 3 heteroatoms. The van der Waals surface area contributed by atoms with Gasteiger partial charge in [-0.2, -0.15) is 0 Å². The minimum atomic E-state index is 0.473. The summed E-state index contributed by atoms with van der Waals surface area (Å²) in [5, 5.41) is 4.51. The molecule has 1 aliphatic heterocycles. The predicted molar refractivity (Wildman–Crippen MR) is 84.7 cm³/mol. The van der Waals surface area contributed by atoms with Crippen LogP contribution in [0.4, 0.5) is 5.69 Å². The minimum Gasteiger partial charge on any atom is -0.360 e. The SMILES string of the molecule is C[C@@H]1Cc2ccccc2N1C(=S)NC1CCCCC1. The quantitative estimate of drug-likeness (QED) is 0.787. The van der Waals surface area contributed by atoms with Crippen LogP contribution in [0.1, 0.15) is 44.6 Å². The topological polar surface area (TPSA) is 15.3 Å². The van der Waals surface area contributed by atoms with E-state index in [0.717, 1.165) is 11.5 Å². The summed E-state index contributed by atoms with van der Waals surface area (Å²) >= 11 is 5.66. The van der Waals surface area contributed by atoms with Gasteiger partial charge in [0.2, 0.25) is 0 Å². The van der Waals surface area contributed by atoms with Crippen molar-refractivity contribution in [3.63, 3.8) is 0 Å². The molecule has 0 bridgehead atoms. The van der Waals surface area contributed by atoms with E-state index in [2.05, 4.69) is 41.4 Å². The number of hydrogen-bond acceptors (Lipinski definition) is 1. The average Bonchev–Trinajstić information content (AvgIpc) is 2.75.